The molecule has 0 saturated carbocycles. The molecule has 0 radical (unpaired) electrons. The second-order valence-corrected chi connectivity index (χ2v) is 7.01. The number of rotatable bonds is 14. The van der Waals surface area contributed by atoms with Gasteiger partial charge in [-0.1, -0.05) is 26.2 Å². The molecule has 6 heteroatoms. The molecule has 28 heavy (non-hydrogen) atoms. The van der Waals surface area contributed by atoms with Gasteiger partial charge in [0.05, 0.1) is 13.2 Å². The van der Waals surface area contributed by atoms with Gasteiger partial charge in [-0.15, -0.1) is 0 Å². The summed E-state index contributed by atoms with van der Waals surface area (Å²) in [5.41, 5.74) is 0. The predicted octanol–water partition coefficient (Wildman–Crippen LogP) is 3.90. The molecule has 1 unspecified atom stereocenters. The first-order chi connectivity index (χ1) is 13.6. The summed E-state index contributed by atoms with van der Waals surface area (Å²) in [6, 6.07) is 7.60. The maximum Gasteiger partial charge on any atom is 0.324 e. The van der Waals surface area contributed by atoms with Crippen LogP contribution < -0.4 is 9.47 Å². The van der Waals surface area contributed by atoms with Crippen LogP contribution in [-0.4, -0.2) is 37.4 Å². The Kier molecular flexibility index (Phi) is 9.52. The number of benzene rings is 1. The number of Topliss-reactive ketones (excluding diaryl/α,β-unsaturated/α-hetero) is 2. The topological polar surface area (TPSA) is 78.9 Å². The third kappa shape index (κ3) is 7.33. The quantitative estimate of drug-likeness (QED) is 0.272. The summed E-state index contributed by atoms with van der Waals surface area (Å²) in [4.78, 5) is 34.7. The lowest BCUT2D eigenvalue weighted by Gasteiger charge is -2.09. The molecular weight excluding hydrogens is 360 g/mol. The van der Waals surface area contributed by atoms with Crippen molar-refractivity contribution in [2.75, 3.05) is 19.8 Å². The van der Waals surface area contributed by atoms with Gasteiger partial charge in [-0.2, -0.15) is 0 Å². The number of hydrogen-bond donors (Lipinski definition) is 0. The maximum atomic E-state index is 11.9. The molecule has 1 aliphatic heterocycles. The molecule has 1 aromatic rings. The van der Waals surface area contributed by atoms with Crippen molar-refractivity contribution in [3.8, 4) is 11.5 Å². The van der Waals surface area contributed by atoms with Gasteiger partial charge in [0, 0.05) is 6.42 Å². The zero-order chi connectivity index (χ0) is 20.2. The zero-order valence-corrected chi connectivity index (χ0v) is 16.6. The van der Waals surface area contributed by atoms with Gasteiger partial charge in [0.2, 0.25) is 0 Å². The van der Waals surface area contributed by atoms with Crippen molar-refractivity contribution in [1.29, 1.82) is 0 Å². The third-order valence-corrected chi connectivity index (χ3v) is 4.66. The van der Waals surface area contributed by atoms with E-state index >= 15 is 0 Å². The van der Waals surface area contributed by atoms with Crippen molar-refractivity contribution >= 4 is 17.5 Å². The minimum absolute atomic E-state index is 0.218. The number of carbonyl (C=O) groups is 3. The van der Waals surface area contributed by atoms with E-state index < -0.39 is 17.7 Å². The van der Waals surface area contributed by atoms with Crippen molar-refractivity contribution in [3.05, 3.63) is 24.3 Å². The van der Waals surface area contributed by atoms with E-state index in [-0.39, 0.29) is 18.8 Å². The average Bonchev–Trinajstić information content (AvgIpc) is 3.03. The second-order valence-electron chi connectivity index (χ2n) is 7.01. The van der Waals surface area contributed by atoms with Crippen molar-refractivity contribution in [2.24, 2.45) is 5.92 Å². The summed E-state index contributed by atoms with van der Waals surface area (Å²) in [5.74, 6) is -1.02. The van der Waals surface area contributed by atoms with Crippen molar-refractivity contribution in [2.45, 2.75) is 58.3 Å². The standard InChI is InChI=1S/C22H30O6/c1-2-3-4-7-14-26-17-10-12-18(13-11-17)27-15-8-5-6-9-19(23)21-20(24)16-28-22(21)25/h10-13,21H,2-9,14-16H2,1H3. The number of hydrogen-bond acceptors (Lipinski definition) is 6. The summed E-state index contributed by atoms with van der Waals surface area (Å²) >= 11 is 0. The van der Waals surface area contributed by atoms with Crippen molar-refractivity contribution in [3.63, 3.8) is 0 Å². The van der Waals surface area contributed by atoms with Crippen molar-refractivity contribution < 1.29 is 28.6 Å². The summed E-state index contributed by atoms with van der Waals surface area (Å²) < 4.78 is 16.0. The molecule has 0 aromatic heterocycles. The normalized spacial score (nSPS) is 16.1. The Morgan fingerprint density at radius 1 is 0.929 bits per heavy atom. The van der Waals surface area contributed by atoms with Crippen LogP contribution in [0.4, 0.5) is 0 Å². The van der Waals surface area contributed by atoms with Crippen LogP contribution >= 0.6 is 0 Å². The van der Waals surface area contributed by atoms with Gasteiger partial charge in [-0.25, -0.2) is 0 Å². The molecular formula is C22H30O6. The van der Waals surface area contributed by atoms with Gasteiger partial charge in [-0.3, -0.25) is 14.4 Å². The summed E-state index contributed by atoms with van der Waals surface area (Å²) in [6.07, 6.45) is 7.17. The molecule has 0 N–H and O–H groups in total. The molecule has 0 spiro atoms. The lowest BCUT2D eigenvalue weighted by Crippen LogP contribution is -2.25. The summed E-state index contributed by atoms with van der Waals surface area (Å²) in [5, 5.41) is 0. The molecule has 1 saturated heterocycles. The number of cyclic esters (lactones) is 1. The van der Waals surface area contributed by atoms with Gasteiger partial charge in [-0.05, 0) is 49.9 Å². The van der Waals surface area contributed by atoms with Crippen LogP contribution in [0.3, 0.4) is 0 Å². The van der Waals surface area contributed by atoms with Crippen LogP contribution in [0, 0.1) is 5.92 Å². The Morgan fingerprint density at radius 3 is 2.00 bits per heavy atom. The maximum absolute atomic E-state index is 11.9. The Morgan fingerprint density at radius 2 is 1.50 bits per heavy atom. The second kappa shape index (κ2) is 12.2. The minimum atomic E-state index is -1.19. The Labute approximate surface area is 166 Å². The number of ether oxygens (including phenoxy) is 3. The average molecular weight is 390 g/mol. The lowest BCUT2D eigenvalue weighted by molar-refractivity contribution is -0.144. The fourth-order valence-corrected chi connectivity index (χ4v) is 3.01. The van der Waals surface area contributed by atoms with E-state index in [4.69, 9.17) is 9.47 Å². The summed E-state index contributed by atoms with van der Waals surface area (Å²) in [6.45, 7) is 3.21. The van der Waals surface area contributed by atoms with E-state index in [2.05, 4.69) is 11.7 Å². The first kappa shape index (κ1) is 21.9. The molecule has 1 atom stereocenters. The molecule has 1 heterocycles. The predicted molar refractivity (Wildman–Crippen MR) is 105 cm³/mol. The van der Waals surface area contributed by atoms with E-state index in [9.17, 15) is 14.4 Å². The molecule has 154 valence electrons. The summed E-state index contributed by atoms with van der Waals surface area (Å²) in [7, 11) is 0. The highest BCUT2D eigenvalue weighted by Gasteiger charge is 2.40. The van der Waals surface area contributed by atoms with Gasteiger partial charge in [0.1, 0.15) is 11.5 Å². The molecule has 6 nitrogen and oxygen atoms in total. The van der Waals surface area contributed by atoms with Gasteiger partial charge in [0.15, 0.2) is 24.1 Å². The van der Waals surface area contributed by atoms with E-state index in [1.807, 2.05) is 24.3 Å². The van der Waals surface area contributed by atoms with Gasteiger partial charge >= 0.3 is 5.97 Å². The number of carbonyl (C=O) groups excluding carboxylic acids is 3. The molecule has 1 aromatic carbocycles. The highest BCUT2D eigenvalue weighted by Crippen LogP contribution is 2.19. The van der Waals surface area contributed by atoms with Crippen LogP contribution in [0.25, 0.3) is 0 Å². The smallest absolute Gasteiger partial charge is 0.324 e. The van der Waals surface area contributed by atoms with Crippen LogP contribution in [0.5, 0.6) is 11.5 Å². The Bertz CT molecular complexity index is 621. The number of unbranched alkanes of at least 4 members (excludes halogenated alkanes) is 5. The molecule has 0 aliphatic carbocycles. The monoisotopic (exact) mass is 390 g/mol. The fourth-order valence-electron chi connectivity index (χ4n) is 3.01. The lowest BCUT2D eigenvalue weighted by atomic mass is 9.97. The number of esters is 1. The molecule has 0 bridgehead atoms. The van der Waals surface area contributed by atoms with E-state index in [0.29, 0.717) is 13.0 Å². The van der Waals surface area contributed by atoms with Crippen molar-refractivity contribution in [1.82, 2.24) is 0 Å². The SMILES string of the molecule is CCCCCCOc1ccc(OCCCCCC(=O)C2C(=O)COC2=O)cc1. The van der Waals surface area contributed by atoms with E-state index in [1.165, 1.54) is 19.3 Å². The molecule has 2 rings (SSSR count). The molecule has 0 amide bonds. The Balaban J connectivity index is 1.54. The van der Waals surface area contributed by atoms with Gasteiger partial charge < -0.3 is 14.2 Å². The first-order valence-corrected chi connectivity index (χ1v) is 10.2. The fraction of sp³-hybridized carbons (Fsp3) is 0.591. The number of ketones is 2. The van der Waals surface area contributed by atoms with Gasteiger partial charge in [0.25, 0.3) is 0 Å². The third-order valence-electron chi connectivity index (χ3n) is 4.66. The van der Waals surface area contributed by atoms with Crippen LogP contribution in [0.1, 0.15) is 58.3 Å². The highest BCUT2D eigenvalue weighted by atomic mass is 16.5. The molecule has 1 aliphatic rings. The minimum Gasteiger partial charge on any atom is -0.494 e. The van der Waals surface area contributed by atoms with Crippen LogP contribution in [0.15, 0.2) is 24.3 Å². The zero-order valence-electron chi connectivity index (χ0n) is 16.6. The van der Waals surface area contributed by atoms with Crippen LogP contribution in [-0.2, 0) is 19.1 Å². The van der Waals surface area contributed by atoms with Crippen LogP contribution in [0.2, 0.25) is 0 Å². The largest absolute Gasteiger partial charge is 0.494 e. The highest BCUT2D eigenvalue weighted by molar-refractivity contribution is 6.20. The van der Waals surface area contributed by atoms with E-state index in [0.717, 1.165) is 37.4 Å². The Hall–Kier alpha value is -2.37. The van der Waals surface area contributed by atoms with E-state index in [1.54, 1.807) is 0 Å². The first-order valence-electron chi connectivity index (χ1n) is 10.2. The molecule has 1 fully saturated rings.